The van der Waals surface area contributed by atoms with Gasteiger partial charge in [-0.25, -0.2) is 9.97 Å². The van der Waals surface area contributed by atoms with Crippen molar-refractivity contribution in [1.29, 1.82) is 0 Å². The van der Waals surface area contributed by atoms with Crippen molar-refractivity contribution in [3.63, 3.8) is 0 Å². The summed E-state index contributed by atoms with van der Waals surface area (Å²) >= 11 is 5.85. The molecule has 100 valence electrons. The van der Waals surface area contributed by atoms with Gasteiger partial charge >= 0.3 is 0 Å². The molecule has 0 atom stereocenters. The molecule has 0 radical (unpaired) electrons. The van der Waals surface area contributed by atoms with Gasteiger partial charge in [0.05, 0.1) is 11.3 Å². The molecule has 0 saturated heterocycles. The Hall–Kier alpha value is -2.27. The normalized spacial score (nSPS) is 10.8. The highest BCUT2D eigenvalue weighted by atomic mass is 35.5. The summed E-state index contributed by atoms with van der Waals surface area (Å²) in [5.74, 6) is 1.56. The SMILES string of the molecule is Cc1ncc(-c2nnc(-c3ccc(Cl)cc3)o2)c(C)n1. The predicted molar refractivity (Wildman–Crippen MR) is 75.2 cm³/mol. The topological polar surface area (TPSA) is 64.7 Å². The molecule has 0 fully saturated rings. The van der Waals surface area contributed by atoms with Crippen LogP contribution in [0, 0.1) is 13.8 Å². The maximum Gasteiger partial charge on any atom is 0.251 e. The second-order valence-corrected chi connectivity index (χ2v) is 4.77. The molecule has 0 saturated carbocycles. The summed E-state index contributed by atoms with van der Waals surface area (Å²) in [6.45, 7) is 3.72. The first kappa shape index (κ1) is 12.7. The van der Waals surface area contributed by atoms with Gasteiger partial charge in [-0.15, -0.1) is 10.2 Å². The standard InChI is InChI=1S/C14H11ClN4O/c1-8-12(7-16-9(2)17-8)14-19-18-13(20-14)10-3-5-11(15)6-4-10/h3-7H,1-2H3. The summed E-state index contributed by atoms with van der Waals surface area (Å²) in [6, 6.07) is 7.22. The Morgan fingerprint density at radius 3 is 2.40 bits per heavy atom. The van der Waals surface area contributed by atoms with E-state index in [0.29, 0.717) is 22.6 Å². The fourth-order valence-corrected chi connectivity index (χ4v) is 1.96. The first-order valence-electron chi connectivity index (χ1n) is 6.03. The van der Waals surface area contributed by atoms with Crippen LogP contribution in [0.4, 0.5) is 0 Å². The van der Waals surface area contributed by atoms with Crippen molar-refractivity contribution in [1.82, 2.24) is 20.2 Å². The molecule has 1 aromatic carbocycles. The minimum atomic E-state index is 0.410. The third-order valence-electron chi connectivity index (χ3n) is 2.85. The molecule has 0 spiro atoms. The van der Waals surface area contributed by atoms with Gasteiger partial charge in [0.2, 0.25) is 5.89 Å². The van der Waals surface area contributed by atoms with Crippen LogP contribution >= 0.6 is 11.6 Å². The first-order valence-corrected chi connectivity index (χ1v) is 6.41. The number of aryl methyl sites for hydroxylation is 2. The van der Waals surface area contributed by atoms with E-state index in [1.165, 1.54) is 0 Å². The Morgan fingerprint density at radius 2 is 1.70 bits per heavy atom. The molecule has 0 aliphatic carbocycles. The molecule has 20 heavy (non-hydrogen) atoms. The number of halogens is 1. The Balaban J connectivity index is 1.99. The number of aromatic nitrogens is 4. The van der Waals surface area contributed by atoms with Crippen molar-refractivity contribution in [2.45, 2.75) is 13.8 Å². The Kier molecular flexibility index (Phi) is 3.20. The zero-order chi connectivity index (χ0) is 14.1. The molecule has 5 nitrogen and oxygen atoms in total. The van der Waals surface area contributed by atoms with E-state index in [2.05, 4.69) is 20.2 Å². The van der Waals surface area contributed by atoms with Gasteiger partial charge in [-0.2, -0.15) is 0 Å². The molecule has 0 bridgehead atoms. The molecule has 2 aromatic heterocycles. The molecule has 3 rings (SSSR count). The molecule has 0 unspecified atom stereocenters. The van der Waals surface area contributed by atoms with Crippen LogP contribution in [0.3, 0.4) is 0 Å². The largest absolute Gasteiger partial charge is 0.416 e. The van der Waals surface area contributed by atoms with E-state index in [0.717, 1.165) is 16.8 Å². The van der Waals surface area contributed by atoms with E-state index in [1.807, 2.05) is 26.0 Å². The van der Waals surface area contributed by atoms with E-state index in [4.69, 9.17) is 16.0 Å². The van der Waals surface area contributed by atoms with Gasteiger partial charge in [-0.1, -0.05) is 11.6 Å². The van der Waals surface area contributed by atoms with E-state index < -0.39 is 0 Å². The van der Waals surface area contributed by atoms with Crippen LogP contribution in [0.15, 0.2) is 34.9 Å². The van der Waals surface area contributed by atoms with Gasteiger partial charge in [0.1, 0.15) is 5.82 Å². The molecule has 0 aliphatic heterocycles. The highest BCUT2D eigenvalue weighted by molar-refractivity contribution is 6.30. The Morgan fingerprint density at radius 1 is 1.00 bits per heavy atom. The van der Waals surface area contributed by atoms with E-state index in [9.17, 15) is 0 Å². The van der Waals surface area contributed by atoms with Crippen molar-refractivity contribution in [3.8, 4) is 22.9 Å². The molecule has 2 heterocycles. The van der Waals surface area contributed by atoms with Crippen LogP contribution in [-0.4, -0.2) is 20.2 Å². The average molecular weight is 287 g/mol. The molecule has 0 N–H and O–H groups in total. The maximum atomic E-state index is 5.85. The lowest BCUT2D eigenvalue weighted by molar-refractivity contribution is 0.583. The van der Waals surface area contributed by atoms with Gasteiger partial charge in [0.15, 0.2) is 0 Å². The van der Waals surface area contributed by atoms with Crippen LogP contribution in [0.5, 0.6) is 0 Å². The minimum absolute atomic E-state index is 0.410. The summed E-state index contributed by atoms with van der Waals surface area (Å²) in [5, 5.41) is 8.75. The zero-order valence-electron chi connectivity index (χ0n) is 11.0. The first-order chi connectivity index (χ1) is 9.63. The maximum absolute atomic E-state index is 5.85. The lowest BCUT2D eigenvalue weighted by atomic mass is 10.2. The van der Waals surface area contributed by atoms with Crippen molar-refractivity contribution in [3.05, 3.63) is 47.0 Å². The summed E-state index contributed by atoms with van der Waals surface area (Å²) in [5.41, 5.74) is 2.37. The second kappa shape index (κ2) is 5.02. The predicted octanol–water partition coefficient (Wildman–Crippen LogP) is 3.46. The molecular weight excluding hydrogens is 276 g/mol. The van der Waals surface area contributed by atoms with Crippen molar-refractivity contribution >= 4 is 11.6 Å². The van der Waals surface area contributed by atoms with Crippen molar-refractivity contribution in [2.75, 3.05) is 0 Å². The lowest BCUT2D eigenvalue weighted by Gasteiger charge is -2.00. The Bertz CT molecular complexity index is 752. The second-order valence-electron chi connectivity index (χ2n) is 4.34. The molecule has 0 amide bonds. The summed E-state index contributed by atoms with van der Waals surface area (Å²) in [7, 11) is 0. The summed E-state index contributed by atoms with van der Waals surface area (Å²) in [4.78, 5) is 8.44. The van der Waals surface area contributed by atoms with Crippen LogP contribution in [0.1, 0.15) is 11.5 Å². The number of hydrogen-bond donors (Lipinski definition) is 0. The molecular formula is C14H11ClN4O. The van der Waals surface area contributed by atoms with Gasteiger partial charge in [-0.05, 0) is 38.1 Å². The highest BCUT2D eigenvalue weighted by Gasteiger charge is 2.13. The Labute approximate surface area is 120 Å². The van der Waals surface area contributed by atoms with Gasteiger partial charge in [-0.3, -0.25) is 0 Å². The van der Waals surface area contributed by atoms with Crippen molar-refractivity contribution < 1.29 is 4.42 Å². The van der Waals surface area contributed by atoms with Crippen LogP contribution in [0.2, 0.25) is 5.02 Å². The number of rotatable bonds is 2. The smallest absolute Gasteiger partial charge is 0.251 e. The van der Waals surface area contributed by atoms with E-state index in [1.54, 1.807) is 18.3 Å². The molecule has 6 heteroatoms. The molecule has 3 aromatic rings. The third kappa shape index (κ3) is 2.40. The minimum Gasteiger partial charge on any atom is -0.416 e. The molecule has 0 aliphatic rings. The quantitative estimate of drug-likeness (QED) is 0.722. The number of hydrogen-bond acceptors (Lipinski definition) is 5. The van der Waals surface area contributed by atoms with E-state index >= 15 is 0 Å². The van der Waals surface area contributed by atoms with Gasteiger partial charge in [0, 0.05) is 16.8 Å². The number of nitrogens with zero attached hydrogens (tertiary/aromatic N) is 4. The third-order valence-corrected chi connectivity index (χ3v) is 3.10. The monoisotopic (exact) mass is 286 g/mol. The zero-order valence-corrected chi connectivity index (χ0v) is 11.7. The lowest BCUT2D eigenvalue weighted by Crippen LogP contribution is -1.93. The van der Waals surface area contributed by atoms with Gasteiger partial charge in [0.25, 0.3) is 5.89 Å². The highest BCUT2D eigenvalue weighted by Crippen LogP contribution is 2.25. The van der Waals surface area contributed by atoms with Crippen LogP contribution < -0.4 is 0 Å². The van der Waals surface area contributed by atoms with Gasteiger partial charge < -0.3 is 4.42 Å². The summed E-state index contributed by atoms with van der Waals surface area (Å²) in [6.07, 6.45) is 1.69. The van der Waals surface area contributed by atoms with Crippen LogP contribution in [0.25, 0.3) is 22.9 Å². The van der Waals surface area contributed by atoms with E-state index in [-0.39, 0.29) is 0 Å². The van der Waals surface area contributed by atoms with Crippen LogP contribution in [-0.2, 0) is 0 Å². The number of benzene rings is 1. The fraction of sp³-hybridized carbons (Fsp3) is 0.143. The average Bonchev–Trinajstić information content (AvgIpc) is 2.89. The fourth-order valence-electron chi connectivity index (χ4n) is 1.83. The van der Waals surface area contributed by atoms with Crippen molar-refractivity contribution in [2.24, 2.45) is 0 Å². The summed E-state index contributed by atoms with van der Waals surface area (Å²) < 4.78 is 5.67.